The van der Waals surface area contributed by atoms with Crippen LogP contribution in [0.15, 0.2) is 78.9 Å². The van der Waals surface area contributed by atoms with Crippen molar-refractivity contribution >= 4 is 5.97 Å². The second-order valence-electron chi connectivity index (χ2n) is 7.74. The zero-order valence-electron chi connectivity index (χ0n) is 18.2. The molecular formula is C26H26F2O4. The summed E-state index contributed by atoms with van der Waals surface area (Å²) in [5, 5.41) is 0. The molecule has 0 aliphatic carbocycles. The predicted molar refractivity (Wildman–Crippen MR) is 118 cm³/mol. The van der Waals surface area contributed by atoms with E-state index in [1.54, 1.807) is 19.1 Å². The molecule has 0 bridgehead atoms. The maximum absolute atomic E-state index is 13.0. The zero-order chi connectivity index (χ0) is 23.1. The lowest BCUT2D eigenvalue weighted by atomic mass is 9.88. The van der Waals surface area contributed by atoms with Gasteiger partial charge in [0.2, 0.25) is 0 Å². The first-order chi connectivity index (χ1) is 15.3. The summed E-state index contributed by atoms with van der Waals surface area (Å²) < 4.78 is 40.8. The maximum Gasteiger partial charge on any atom is 0.387 e. The summed E-state index contributed by atoms with van der Waals surface area (Å²) in [6.07, 6.45) is -0.496. The summed E-state index contributed by atoms with van der Waals surface area (Å²) in [5.74, 6) is 0.429. The molecule has 0 amide bonds. The maximum atomic E-state index is 13.0. The fraction of sp³-hybridized carbons (Fsp3) is 0.269. The van der Waals surface area contributed by atoms with E-state index in [9.17, 15) is 13.6 Å². The summed E-state index contributed by atoms with van der Waals surface area (Å²) in [6.45, 7) is 2.73. The van der Waals surface area contributed by atoms with Gasteiger partial charge < -0.3 is 14.2 Å². The molecule has 2 unspecified atom stereocenters. The number of para-hydroxylation sites is 1. The Bertz CT molecular complexity index is 1000. The van der Waals surface area contributed by atoms with Crippen molar-refractivity contribution in [2.75, 3.05) is 0 Å². The summed E-state index contributed by atoms with van der Waals surface area (Å²) in [6, 6.07) is 22.9. The highest BCUT2D eigenvalue weighted by Crippen LogP contribution is 2.31. The van der Waals surface area contributed by atoms with Crippen LogP contribution in [0.1, 0.15) is 43.9 Å². The smallest absolute Gasteiger partial charge is 0.387 e. The minimum atomic E-state index is -2.89. The molecule has 0 N–H and O–H groups in total. The van der Waals surface area contributed by atoms with E-state index in [4.69, 9.17) is 9.47 Å². The molecule has 3 aromatic carbocycles. The molecule has 4 nitrogen and oxygen atoms in total. The largest absolute Gasteiger partial charge is 0.457 e. The molecule has 0 aromatic heterocycles. The van der Waals surface area contributed by atoms with Crippen LogP contribution in [-0.2, 0) is 9.53 Å². The summed E-state index contributed by atoms with van der Waals surface area (Å²) in [4.78, 5) is 13.0. The number of ether oxygens (including phenoxy) is 3. The summed E-state index contributed by atoms with van der Waals surface area (Å²) >= 11 is 0. The minimum Gasteiger partial charge on any atom is -0.457 e. The molecule has 0 radical (unpaired) electrons. The number of carbonyl (C=O) groups is 1. The molecular weight excluding hydrogens is 414 g/mol. The number of alkyl halides is 2. The van der Waals surface area contributed by atoms with Gasteiger partial charge in [-0.25, -0.2) is 0 Å². The topological polar surface area (TPSA) is 44.8 Å². The Hall–Kier alpha value is -3.41. The Balaban J connectivity index is 1.70. The first-order valence-corrected chi connectivity index (χ1v) is 10.4. The van der Waals surface area contributed by atoms with E-state index < -0.39 is 18.6 Å². The van der Waals surface area contributed by atoms with E-state index in [-0.39, 0.29) is 17.6 Å². The molecule has 32 heavy (non-hydrogen) atoms. The van der Waals surface area contributed by atoms with E-state index in [1.165, 1.54) is 12.1 Å². The number of hydrogen-bond donors (Lipinski definition) is 0. The first-order valence-electron chi connectivity index (χ1n) is 10.4. The summed E-state index contributed by atoms with van der Waals surface area (Å²) in [5.41, 5.74) is 1.48. The molecule has 0 aliphatic rings. The van der Waals surface area contributed by atoms with Crippen LogP contribution in [0.4, 0.5) is 8.78 Å². The molecule has 0 heterocycles. The lowest BCUT2D eigenvalue weighted by Crippen LogP contribution is -2.22. The summed E-state index contributed by atoms with van der Waals surface area (Å²) in [7, 11) is 0. The predicted octanol–water partition coefficient (Wildman–Crippen LogP) is 7.12. The molecule has 168 valence electrons. The third-order valence-corrected chi connectivity index (χ3v) is 4.98. The Morgan fingerprint density at radius 3 is 2.03 bits per heavy atom. The molecule has 3 rings (SSSR count). The molecule has 2 atom stereocenters. The fourth-order valence-corrected chi connectivity index (χ4v) is 3.42. The van der Waals surface area contributed by atoms with Crippen molar-refractivity contribution in [3.8, 4) is 17.2 Å². The number of hydrogen-bond acceptors (Lipinski definition) is 4. The van der Waals surface area contributed by atoms with Crippen molar-refractivity contribution in [2.24, 2.45) is 5.92 Å². The third kappa shape index (κ3) is 6.30. The van der Waals surface area contributed by atoms with E-state index in [0.29, 0.717) is 17.1 Å². The number of rotatable bonds is 9. The monoisotopic (exact) mass is 440 g/mol. The van der Waals surface area contributed by atoms with Gasteiger partial charge >= 0.3 is 12.6 Å². The zero-order valence-corrected chi connectivity index (χ0v) is 18.2. The standard InChI is InChI=1S/C26H26F2O4/c1-17(2)24(19-12-14-22(15-13-19)32-26(27)28)25(29)30-18(3)20-8-7-11-23(16-20)31-21-9-5-4-6-10-21/h4-18,24,26H,1-3H3. The number of carbonyl (C=O) groups excluding carboxylic acids is 1. The van der Waals surface area contributed by atoms with Gasteiger partial charge in [-0.05, 0) is 60.4 Å². The minimum absolute atomic E-state index is 0.0447. The Morgan fingerprint density at radius 2 is 1.41 bits per heavy atom. The van der Waals surface area contributed by atoms with E-state index >= 15 is 0 Å². The Labute approximate surface area is 186 Å². The van der Waals surface area contributed by atoms with Crippen molar-refractivity contribution < 1.29 is 27.8 Å². The first kappa shape index (κ1) is 23.3. The molecule has 6 heteroatoms. The molecule has 0 spiro atoms. The van der Waals surface area contributed by atoms with Crippen LogP contribution in [0.25, 0.3) is 0 Å². The molecule has 0 saturated carbocycles. The lowest BCUT2D eigenvalue weighted by molar-refractivity contribution is -0.151. The van der Waals surface area contributed by atoms with Crippen molar-refractivity contribution in [3.63, 3.8) is 0 Å². The van der Waals surface area contributed by atoms with Gasteiger partial charge in [0.05, 0.1) is 5.92 Å². The Morgan fingerprint density at radius 1 is 0.750 bits per heavy atom. The van der Waals surface area contributed by atoms with E-state index in [2.05, 4.69) is 4.74 Å². The van der Waals surface area contributed by atoms with Crippen molar-refractivity contribution in [2.45, 2.75) is 39.4 Å². The number of esters is 1. The van der Waals surface area contributed by atoms with Crippen LogP contribution in [0.5, 0.6) is 17.2 Å². The van der Waals surface area contributed by atoms with Gasteiger partial charge in [0.15, 0.2) is 0 Å². The average Bonchev–Trinajstić information content (AvgIpc) is 2.75. The van der Waals surface area contributed by atoms with Crippen molar-refractivity contribution in [3.05, 3.63) is 90.0 Å². The van der Waals surface area contributed by atoms with Crippen LogP contribution >= 0.6 is 0 Å². The second kappa shape index (κ2) is 10.8. The van der Waals surface area contributed by atoms with Crippen LogP contribution in [-0.4, -0.2) is 12.6 Å². The normalized spacial score (nSPS) is 13.0. The highest BCUT2D eigenvalue weighted by Gasteiger charge is 2.27. The van der Waals surface area contributed by atoms with Crippen LogP contribution in [0, 0.1) is 5.92 Å². The Kier molecular flexibility index (Phi) is 7.82. The highest BCUT2D eigenvalue weighted by molar-refractivity contribution is 5.78. The van der Waals surface area contributed by atoms with Gasteiger partial charge in [-0.3, -0.25) is 4.79 Å². The van der Waals surface area contributed by atoms with Gasteiger partial charge in [-0.2, -0.15) is 8.78 Å². The van der Waals surface area contributed by atoms with Crippen LogP contribution in [0.2, 0.25) is 0 Å². The number of halogens is 2. The third-order valence-electron chi connectivity index (χ3n) is 4.98. The fourth-order valence-electron chi connectivity index (χ4n) is 3.42. The molecule has 0 aliphatic heterocycles. The van der Waals surface area contributed by atoms with Crippen molar-refractivity contribution in [1.82, 2.24) is 0 Å². The van der Waals surface area contributed by atoms with Crippen molar-refractivity contribution in [1.29, 1.82) is 0 Å². The quantitative estimate of drug-likeness (QED) is 0.332. The average molecular weight is 440 g/mol. The molecule has 3 aromatic rings. The van der Waals surface area contributed by atoms with Gasteiger partial charge in [0.1, 0.15) is 23.4 Å². The second-order valence-corrected chi connectivity index (χ2v) is 7.74. The molecule has 0 fully saturated rings. The lowest BCUT2D eigenvalue weighted by Gasteiger charge is -2.23. The van der Waals surface area contributed by atoms with Gasteiger partial charge in [0, 0.05) is 0 Å². The van der Waals surface area contributed by atoms with Gasteiger partial charge in [0.25, 0.3) is 0 Å². The highest BCUT2D eigenvalue weighted by atomic mass is 19.3. The van der Waals surface area contributed by atoms with Gasteiger partial charge in [-0.1, -0.05) is 56.3 Å². The van der Waals surface area contributed by atoms with Gasteiger partial charge in [-0.15, -0.1) is 0 Å². The van der Waals surface area contributed by atoms with Crippen LogP contribution in [0.3, 0.4) is 0 Å². The van der Waals surface area contributed by atoms with Crippen LogP contribution < -0.4 is 9.47 Å². The molecule has 0 saturated heterocycles. The van der Waals surface area contributed by atoms with E-state index in [1.807, 2.05) is 68.4 Å². The SMILES string of the molecule is CC(OC(=O)C(c1ccc(OC(F)F)cc1)C(C)C)c1cccc(Oc2ccccc2)c1. The van der Waals surface area contributed by atoms with E-state index in [0.717, 1.165) is 5.56 Å². The number of benzene rings is 3.